The highest BCUT2D eigenvalue weighted by atomic mass is 16.5. The van der Waals surface area contributed by atoms with E-state index < -0.39 is 5.60 Å². The molecule has 2 atom stereocenters. The van der Waals surface area contributed by atoms with Gasteiger partial charge in [-0.05, 0) is 26.7 Å². The molecule has 84 valence electrons. The third-order valence-corrected chi connectivity index (χ3v) is 3.72. The highest BCUT2D eigenvalue weighted by Crippen LogP contribution is 2.40. The molecule has 0 N–H and O–H groups in total. The molecule has 0 unspecified atom stereocenters. The van der Waals surface area contributed by atoms with Gasteiger partial charge in [0.25, 0.3) is 6.47 Å². The van der Waals surface area contributed by atoms with Crippen LogP contribution in [0.25, 0.3) is 0 Å². The number of fused-ring (bicyclic) bond motifs is 1. The zero-order valence-electron chi connectivity index (χ0n) is 9.23. The summed E-state index contributed by atoms with van der Waals surface area (Å²) in [6.07, 6.45) is 2.64. The van der Waals surface area contributed by atoms with Gasteiger partial charge in [0, 0.05) is 24.9 Å². The molecule has 15 heavy (non-hydrogen) atoms. The van der Waals surface area contributed by atoms with Gasteiger partial charge < -0.3 is 9.64 Å². The lowest BCUT2D eigenvalue weighted by Gasteiger charge is -2.33. The van der Waals surface area contributed by atoms with Crippen molar-refractivity contribution in [1.82, 2.24) is 4.90 Å². The first kappa shape index (κ1) is 10.5. The lowest BCUT2D eigenvalue weighted by Crippen LogP contribution is -2.41. The molecule has 4 nitrogen and oxygen atoms in total. The molecule has 2 aliphatic heterocycles. The second kappa shape index (κ2) is 3.51. The monoisotopic (exact) mass is 211 g/mol. The summed E-state index contributed by atoms with van der Waals surface area (Å²) < 4.78 is 5.11. The first-order chi connectivity index (χ1) is 7.06. The fraction of sp³-hybridized carbons (Fsp3) is 0.818. The van der Waals surface area contributed by atoms with Gasteiger partial charge in [0.05, 0.1) is 0 Å². The van der Waals surface area contributed by atoms with Gasteiger partial charge in [-0.2, -0.15) is 0 Å². The summed E-state index contributed by atoms with van der Waals surface area (Å²) in [6, 6.07) is 0.285. The standard InChI is InChI=1S/C11H17NO3/c1-11(2,15-7-13)8-6-10(14)12-5-3-4-9(8)12/h7-9H,3-6H2,1-2H3/t8-,9-/m0/s1. The van der Waals surface area contributed by atoms with Crippen molar-refractivity contribution in [3.05, 3.63) is 0 Å². The predicted octanol–water partition coefficient (Wildman–Crippen LogP) is 0.949. The van der Waals surface area contributed by atoms with Crippen molar-refractivity contribution in [2.45, 2.75) is 44.8 Å². The average Bonchev–Trinajstić information content (AvgIpc) is 2.69. The maximum Gasteiger partial charge on any atom is 0.293 e. The van der Waals surface area contributed by atoms with Gasteiger partial charge in [-0.15, -0.1) is 0 Å². The summed E-state index contributed by atoms with van der Waals surface area (Å²) in [4.78, 5) is 24.1. The van der Waals surface area contributed by atoms with Crippen LogP contribution in [0.15, 0.2) is 0 Å². The number of amides is 1. The Morgan fingerprint density at radius 2 is 2.27 bits per heavy atom. The van der Waals surface area contributed by atoms with Crippen molar-refractivity contribution in [3.8, 4) is 0 Å². The molecule has 2 saturated heterocycles. The summed E-state index contributed by atoms with van der Waals surface area (Å²) in [5, 5.41) is 0. The topological polar surface area (TPSA) is 46.6 Å². The van der Waals surface area contributed by atoms with E-state index in [0.29, 0.717) is 12.9 Å². The number of carbonyl (C=O) groups is 2. The molecule has 2 fully saturated rings. The van der Waals surface area contributed by atoms with Gasteiger partial charge in [0.2, 0.25) is 5.91 Å². The van der Waals surface area contributed by atoms with Crippen molar-refractivity contribution in [3.63, 3.8) is 0 Å². The molecule has 0 aromatic heterocycles. The average molecular weight is 211 g/mol. The summed E-state index contributed by atoms with van der Waals surface area (Å²) >= 11 is 0. The molecule has 2 rings (SSSR count). The summed E-state index contributed by atoms with van der Waals surface area (Å²) in [6.45, 7) is 5.14. The van der Waals surface area contributed by atoms with E-state index in [9.17, 15) is 9.59 Å². The first-order valence-corrected chi connectivity index (χ1v) is 5.47. The normalized spacial score (nSPS) is 30.5. The Hall–Kier alpha value is -1.06. The van der Waals surface area contributed by atoms with Crippen LogP contribution < -0.4 is 0 Å². The fourth-order valence-electron chi connectivity index (χ4n) is 2.88. The smallest absolute Gasteiger partial charge is 0.293 e. The number of hydrogen-bond acceptors (Lipinski definition) is 3. The molecule has 0 aliphatic carbocycles. The van der Waals surface area contributed by atoms with Crippen molar-refractivity contribution in [2.24, 2.45) is 5.92 Å². The number of hydrogen-bond donors (Lipinski definition) is 0. The third kappa shape index (κ3) is 1.62. The SMILES string of the molecule is CC(C)(OC=O)[C@H]1CC(=O)N2CCC[C@@H]12. The summed E-state index contributed by atoms with van der Waals surface area (Å²) in [5.41, 5.74) is -0.527. The maximum absolute atomic E-state index is 11.7. The molecule has 0 aromatic rings. The van der Waals surface area contributed by atoms with Gasteiger partial charge in [-0.3, -0.25) is 9.59 Å². The highest BCUT2D eigenvalue weighted by Gasteiger charge is 2.49. The van der Waals surface area contributed by atoms with E-state index >= 15 is 0 Å². The third-order valence-electron chi connectivity index (χ3n) is 3.72. The Kier molecular flexibility index (Phi) is 2.44. The molecule has 0 spiro atoms. The molecule has 0 radical (unpaired) electrons. The lowest BCUT2D eigenvalue weighted by molar-refractivity contribution is -0.146. The molecule has 0 saturated carbocycles. The van der Waals surface area contributed by atoms with Crippen LogP contribution in [0.3, 0.4) is 0 Å². The van der Waals surface area contributed by atoms with Crippen molar-refractivity contribution < 1.29 is 14.3 Å². The fourth-order valence-corrected chi connectivity index (χ4v) is 2.88. The molecular weight excluding hydrogens is 194 g/mol. The van der Waals surface area contributed by atoms with E-state index in [1.165, 1.54) is 0 Å². The number of rotatable bonds is 3. The molecule has 2 aliphatic rings. The van der Waals surface area contributed by atoms with E-state index in [0.717, 1.165) is 19.4 Å². The van der Waals surface area contributed by atoms with E-state index in [2.05, 4.69) is 0 Å². The maximum atomic E-state index is 11.7. The van der Waals surface area contributed by atoms with Crippen molar-refractivity contribution in [1.29, 1.82) is 0 Å². The second-order valence-corrected chi connectivity index (χ2v) is 4.92. The Morgan fingerprint density at radius 3 is 2.93 bits per heavy atom. The largest absolute Gasteiger partial charge is 0.461 e. The van der Waals surface area contributed by atoms with Crippen LogP contribution in [0, 0.1) is 5.92 Å². The number of nitrogens with zero attached hydrogens (tertiary/aromatic N) is 1. The Bertz CT molecular complexity index is 288. The summed E-state index contributed by atoms with van der Waals surface area (Å²) in [5.74, 6) is 0.364. The van der Waals surface area contributed by atoms with Crippen LogP contribution in [-0.2, 0) is 14.3 Å². The van der Waals surface area contributed by atoms with Crippen LogP contribution in [-0.4, -0.2) is 35.5 Å². The number of ether oxygens (including phenoxy) is 1. The zero-order chi connectivity index (χ0) is 11.1. The predicted molar refractivity (Wildman–Crippen MR) is 54.1 cm³/mol. The Labute approximate surface area is 89.6 Å². The van der Waals surface area contributed by atoms with Gasteiger partial charge in [-0.25, -0.2) is 0 Å². The molecule has 1 amide bonds. The van der Waals surface area contributed by atoms with Crippen LogP contribution in [0.5, 0.6) is 0 Å². The molecule has 2 heterocycles. The van der Waals surface area contributed by atoms with E-state index in [1.807, 2.05) is 18.7 Å². The first-order valence-electron chi connectivity index (χ1n) is 5.47. The highest BCUT2D eigenvalue weighted by molar-refractivity contribution is 5.80. The summed E-state index contributed by atoms with van der Waals surface area (Å²) in [7, 11) is 0. The van der Waals surface area contributed by atoms with Crippen LogP contribution >= 0.6 is 0 Å². The van der Waals surface area contributed by atoms with Crippen LogP contribution in [0.2, 0.25) is 0 Å². The Morgan fingerprint density at radius 1 is 1.53 bits per heavy atom. The van der Waals surface area contributed by atoms with Crippen molar-refractivity contribution in [2.75, 3.05) is 6.54 Å². The van der Waals surface area contributed by atoms with E-state index in [-0.39, 0.29) is 17.9 Å². The van der Waals surface area contributed by atoms with Crippen LogP contribution in [0.1, 0.15) is 33.1 Å². The second-order valence-electron chi connectivity index (χ2n) is 4.92. The van der Waals surface area contributed by atoms with E-state index in [4.69, 9.17) is 4.74 Å². The van der Waals surface area contributed by atoms with E-state index in [1.54, 1.807) is 0 Å². The molecule has 0 bridgehead atoms. The minimum absolute atomic E-state index is 0.151. The number of carbonyl (C=O) groups excluding carboxylic acids is 2. The molecule has 0 aromatic carbocycles. The quantitative estimate of drug-likeness (QED) is 0.653. The van der Waals surface area contributed by atoms with Gasteiger partial charge in [0.1, 0.15) is 5.60 Å². The van der Waals surface area contributed by atoms with Gasteiger partial charge >= 0.3 is 0 Å². The van der Waals surface area contributed by atoms with Gasteiger partial charge in [-0.1, -0.05) is 0 Å². The molecular formula is C11H17NO3. The lowest BCUT2D eigenvalue weighted by atomic mass is 9.83. The zero-order valence-corrected chi connectivity index (χ0v) is 9.23. The van der Waals surface area contributed by atoms with Crippen molar-refractivity contribution >= 4 is 12.4 Å². The minimum Gasteiger partial charge on any atom is -0.461 e. The molecule has 4 heteroatoms. The van der Waals surface area contributed by atoms with Crippen LogP contribution in [0.4, 0.5) is 0 Å². The minimum atomic E-state index is -0.527. The Balaban J connectivity index is 2.16. The van der Waals surface area contributed by atoms with Gasteiger partial charge in [0.15, 0.2) is 0 Å².